The Bertz CT molecular complexity index is 302. The summed E-state index contributed by atoms with van der Waals surface area (Å²) >= 11 is 0. The predicted octanol–water partition coefficient (Wildman–Crippen LogP) is 2.27. The van der Waals surface area contributed by atoms with Crippen molar-refractivity contribution in [1.29, 1.82) is 0 Å². The van der Waals surface area contributed by atoms with Gasteiger partial charge < -0.3 is 10.1 Å². The van der Waals surface area contributed by atoms with Crippen molar-refractivity contribution in [2.75, 3.05) is 20.2 Å². The van der Waals surface area contributed by atoms with Gasteiger partial charge in [-0.05, 0) is 44.0 Å². The van der Waals surface area contributed by atoms with Gasteiger partial charge in [0.2, 0.25) is 0 Å². The number of nitrogens with zero attached hydrogens (tertiary/aromatic N) is 1. The van der Waals surface area contributed by atoms with E-state index >= 15 is 0 Å². The Hall–Kier alpha value is -1.09. The van der Waals surface area contributed by atoms with Crippen LogP contribution in [0.15, 0.2) is 18.5 Å². The molecule has 0 aliphatic carbocycles. The molecule has 0 spiro atoms. The number of pyridine rings is 1. The third-order valence-electron chi connectivity index (χ3n) is 2.38. The largest absolute Gasteiger partial charge is 0.492 e. The Morgan fingerprint density at radius 1 is 1.44 bits per heavy atom. The summed E-state index contributed by atoms with van der Waals surface area (Å²) in [6.07, 6.45) is 5.77. The van der Waals surface area contributed by atoms with Crippen LogP contribution in [0.3, 0.4) is 0 Å². The second kappa shape index (κ2) is 7.23. The molecule has 0 aromatic carbocycles. The molecule has 1 rings (SSSR count). The van der Waals surface area contributed by atoms with Gasteiger partial charge in [0.25, 0.3) is 0 Å². The van der Waals surface area contributed by atoms with Crippen molar-refractivity contribution < 1.29 is 4.74 Å². The topological polar surface area (TPSA) is 34.1 Å². The molecule has 0 aliphatic rings. The first-order valence-electron chi connectivity index (χ1n) is 5.97. The maximum atomic E-state index is 5.56. The van der Waals surface area contributed by atoms with Gasteiger partial charge in [-0.2, -0.15) is 0 Å². The minimum absolute atomic E-state index is 0.619. The Morgan fingerprint density at radius 3 is 2.94 bits per heavy atom. The molecule has 16 heavy (non-hydrogen) atoms. The third-order valence-corrected chi connectivity index (χ3v) is 2.38. The van der Waals surface area contributed by atoms with Gasteiger partial charge in [-0.1, -0.05) is 13.8 Å². The summed E-state index contributed by atoms with van der Waals surface area (Å²) in [5, 5.41) is 3.18. The number of hydrogen-bond acceptors (Lipinski definition) is 3. The predicted molar refractivity (Wildman–Crippen MR) is 66.8 cm³/mol. The van der Waals surface area contributed by atoms with Crippen LogP contribution in [0.5, 0.6) is 5.75 Å². The highest BCUT2D eigenvalue weighted by molar-refractivity contribution is 5.23. The van der Waals surface area contributed by atoms with E-state index in [-0.39, 0.29) is 0 Å². The lowest BCUT2D eigenvalue weighted by atomic mass is 10.0. The van der Waals surface area contributed by atoms with Crippen LogP contribution >= 0.6 is 0 Å². The van der Waals surface area contributed by atoms with E-state index in [1.807, 2.05) is 13.2 Å². The molecular formula is C13H22N2O. The first-order valence-corrected chi connectivity index (χ1v) is 5.97. The van der Waals surface area contributed by atoms with Crippen molar-refractivity contribution in [2.24, 2.45) is 5.92 Å². The zero-order valence-electron chi connectivity index (χ0n) is 10.5. The highest BCUT2D eigenvalue weighted by Crippen LogP contribution is 2.14. The zero-order chi connectivity index (χ0) is 11.8. The fraction of sp³-hybridized carbons (Fsp3) is 0.615. The summed E-state index contributed by atoms with van der Waals surface area (Å²) in [5.74, 6) is 1.50. The van der Waals surface area contributed by atoms with E-state index in [4.69, 9.17) is 4.74 Å². The van der Waals surface area contributed by atoms with Gasteiger partial charge in [0.1, 0.15) is 5.75 Å². The fourth-order valence-corrected chi connectivity index (χ4v) is 1.70. The molecule has 0 saturated carbocycles. The van der Waals surface area contributed by atoms with Gasteiger partial charge in [-0.25, -0.2) is 0 Å². The van der Waals surface area contributed by atoms with Gasteiger partial charge in [-0.15, -0.1) is 0 Å². The monoisotopic (exact) mass is 222 g/mol. The van der Waals surface area contributed by atoms with Gasteiger partial charge in [0.15, 0.2) is 0 Å². The molecule has 0 radical (unpaired) electrons. The van der Waals surface area contributed by atoms with Crippen molar-refractivity contribution in [2.45, 2.75) is 26.7 Å². The van der Waals surface area contributed by atoms with Crippen molar-refractivity contribution >= 4 is 0 Å². The van der Waals surface area contributed by atoms with Crippen molar-refractivity contribution in [3.05, 3.63) is 24.0 Å². The number of hydrogen-bond donors (Lipinski definition) is 1. The van der Waals surface area contributed by atoms with Gasteiger partial charge in [0.05, 0.1) is 12.8 Å². The highest BCUT2D eigenvalue weighted by Gasteiger charge is 2.04. The standard InChI is InChI=1S/C13H22N2O/c1-4-5-16-13-7-12(9-15-10-13)6-11(2)8-14-3/h7,9-11,14H,4-6,8H2,1-3H3. The van der Waals surface area contributed by atoms with E-state index in [2.05, 4.69) is 30.2 Å². The summed E-state index contributed by atoms with van der Waals surface area (Å²) < 4.78 is 5.56. The molecule has 1 aromatic heterocycles. The number of aromatic nitrogens is 1. The molecule has 1 unspecified atom stereocenters. The molecule has 1 N–H and O–H groups in total. The summed E-state index contributed by atoms with van der Waals surface area (Å²) in [5.41, 5.74) is 1.25. The van der Waals surface area contributed by atoms with E-state index in [1.165, 1.54) is 5.56 Å². The van der Waals surface area contributed by atoms with Crippen LogP contribution in [-0.4, -0.2) is 25.2 Å². The molecule has 0 aliphatic heterocycles. The van der Waals surface area contributed by atoms with Crippen LogP contribution in [0.1, 0.15) is 25.8 Å². The SMILES string of the molecule is CCCOc1cncc(CC(C)CNC)c1. The van der Waals surface area contributed by atoms with E-state index in [1.54, 1.807) is 6.20 Å². The summed E-state index contributed by atoms with van der Waals surface area (Å²) in [4.78, 5) is 4.21. The Kier molecular flexibility index (Phi) is 5.86. The van der Waals surface area contributed by atoms with Crippen molar-refractivity contribution in [3.63, 3.8) is 0 Å². The van der Waals surface area contributed by atoms with E-state index in [9.17, 15) is 0 Å². The number of nitrogens with one attached hydrogen (secondary N) is 1. The van der Waals surface area contributed by atoms with Crippen LogP contribution in [-0.2, 0) is 6.42 Å². The molecule has 3 heteroatoms. The van der Waals surface area contributed by atoms with Crippen LogP contribution in [0.2, 0.25) is 0 Å². The van der Waals surface area contributed by atoms with Crippen LogP contribution in [0.4, 0.5) is 0 Å². The first kappa shape index (κ1) is 13.0. The first-order chi connectivity index (χ1) is 7.76. The minimum atomic E-state index is 0.619. The molecule has 1 aromatic rings. The maximum absolute atomic E-state index is 5.56. The lowest BCUT2D eigenvalue weighted by Gasteiger charge is -2.11. The number of rotatable bonds is 7. The number of ether oxygens (including phenoxy) is 1. The molecule has 3 nitrogen and oxygen atoms in total. The van der Waals surface area contributed by atoms with Gasteiger partial charge >= 0.3 is 0 Å². The summed E-state index contributed by atoms with van der Waals surface area (Å²) in [6, 6.07) is 2.09. The van der Waals surface area contributed by atoms with Crippen molar-refractivity contribution in [3.8, 4) is 5.75 Å². The molecule has 1 atom stereocenters. The smallest absolute Gasteiger partial charge is 0.137 e. The molecule has 0 fully saturated rings. The Balaban J connectivity index is 2.52. The highest BCUT2D eigenvalue weighted by atomic mass is 16.5. The summed E-state index contributed by atoms with van der Waals surface area (Å²) in [6.45, 7) is 6.12. The second-order valence-corrected chi connectivity index (χ2v) is 4.24. The fourth-order valence-electron chi connectivity index (χ4n) is 1.70. The van der Waals surface area contributed by atoms with E-state index in [0.717, 1.165) is 31.7 Å². The molecule has 0 saturated heterocycles. The molecule has 0 amide bonds. The quantitative estimate of drug-likeness (QED) is 0.768. The maximum Gasteiger partial charge on any atom is 0.137 e. The van der Waals surface area contributed by atoms with Crippen LogP contribution in [0, 0.1) is 5.92 Å². The van der Waals surface area contributed by atoms with Gasteiger partial charge in [0, 0.05) is 6.20 Å². The molecule has 1 heterocycles. The lowest BCUT2D eigenvalue weighted by Crippen LogP contribution is -2.18. The normalized spacial score (nSPS) is 12.4. The van der Waals surface area contributed by atoms with Crippen LogP contribution in [0.25, 0.3) is 0 Å². The summed E-state index contributed by atoms with van der Waals surface area (Å²) in [7, 11) is 1.98. The average molecular weight is 222 g/mol. The lowest BCUT2D eigenvalue weighted by molar-refractivity contribution is 0.315. The second-order valence-electron chi connectivity index (χ2n) is 4.24. The zero-order valence-corrected chi connectivity index (χ0v) is 10.5. The van der Waals surface area contributed by atoms with E-state index < -0.39 is 0 Å². The molecular weight excluding hydrogens is 200 g/mol. The Labute approximate surface area is 98.2 Å². The molecule has 0 bridgehead atoms. The minimum Gasteiger partial charge on any atom is -0.492 e. The third kappa shape index (κ3) is 4.62. The van der Waals surface area contributed by atoms with Crippen molar-refractivity contribution in [1.82, 2.24) is 10.3 Å². The Morgan fingerprint density at radius 2 is 2.25 bits per heavy atom. The van der Waals surface area contributed by atoms with Gasteiger partial charge in [-0.3, -0.25) is 4.98 Å². The average Bonchev–Trinajstić information content (AvgIpc) is 2.27. The molecule has 90 valence electrons. The van der Waals surface area contributed by atoms with E-state index in [0.29, 0.717) is 5.92 Å². The van der Waals surface area contributed by atoms with Crippen LogP contribution < -0.4 is 10.1 Å².